The van der Waals surface area contributed by atoms with Crippen molar-refractivity contribution < 1.29 is 8.81 Å². The standard InChI is InChI=1S/C12H13FN2O/c1-9(10-2-4-11(13)5-3-10)15-7-12-6-14-8-16-12/h2-6,8-9,15H,7H2,1H3/t9-/m0/s1. The summed E-state index contributed by atoms with van der Waals surface area (Å²) >= 11 is 0. The monoisotopic (exact) mass is 220 g/mol. The first-order valence-electron chi connectivity index (χ1n) is 5.12. The van der Waals surface area contributed by atoms with Gasteiger partial charge in [-0.2, -0.15) is 0 Å². The normalized spacial score (nSPS) is 12.6. The fourth-order valence-corrected chi connectivity index (χ4v) is 1.45. The van der Waals surface area contributed by atoms with E-state index in [1.165, 1.54) is 18.5 Å². The molecule has 0 saturated heterocycles. The maximum atomic E-state index is 12.7. The van der Waals surface area contributed by atoms with Gasteiger partial charge in [0.2, 0.25) is 0 Å². The van der Waals surface area contributed by atoms with Gasteiger partial charge in [-0.15, -0.1) is 0 Å². The molecule has 1 aromatic heterocycles. The van der Waals surface area contributed by atoms with Crippen LogP contribution in [0.1, 0.15) is 24.3 Å². The maximum Gasteiger partial charge on any atom is 0.180 e. The van der Waals surface area contributed by atoms with Crippen molar-refractivity contribution in [3.8, 4) is 0 Å². The highest BCUT2D eigenvalue weighted by atomic mass is 19.1. The number of nitrogens with zero attached hydrogens (tertiary/aromatic N) is 1. The lowest BCUT2D eigenvalue weighted by molar-refractivity contribution is 0.457. The average Bonchev–Trinajstić information content (AvgIpc) is 2.80. The van der Waals surface area contributed by atoms with E-state index in [2.05, 4.69) is 10.3 Å². The smallest absolute Gasteiger partial charge is 0.180 e. The number of hydrogen-bond acceptors (Lipinski definition) is 3. The summed E-state index contributed by atoms with van der Waals surface area (Å²) in [5.41, 5.74) is 1.04. The van der Waals surface area contributed by atoms with Gasteiger partial charge in [-0.05, 0) is 24.6 Å². The summed E-state index contributed by atoms with van der Waals surface area (Å²) in [5, 5.41) is 3.26. The molecule has 1 N–H and O–H groups in total. The molecule has 0 saturated carbocycles. The van der Waals surface area contributed by atoms with Crippen molar-refractivity contribution in [2.24, 2.45) is 0 Å². The van der Waals surface area contributed by atoms with E-state index >= 15 is 0 Å². The van der Waals surface area contributed by atoms with Crippen LogP contribution in [-0.4, -0.2) is 4.98 Å². The van der Waals surface area contributed by atoms with Gasteiger partial charge >= 0.3 is 0 Å². The van der Waals surface area contributed by atoms with Crippen molar-refractivity contribution in [3.05, 3.63) is 54.0 Å². The molecule has 0 unspecified atom stereocenters. The Hall–Kier alpha value is -1.68. The molecule has 0 amide bonds. The number of hydrogen-bond donors (Lipinski definition) is 1. The van der Waals surface area contributed by atoms with Gasteiger partial charge in [0.25, 0.3) is 0 Å². The van der Waals surface area contributed by atoms with Crippen LogP contribution in [0.15, 0.2) is 41.3 Å². The molecule has 0 bridgehead atoms. The van der Waals surface area contributed by atoms with Gasteiger partial charge in [0.15, 0.2) is 6.39 Å². The first kappa shape index (κ1) is 10.8. The zero-order chi connectivity index (χ0) is 11.4. The van der Waals surface area contributed by atoms with Crippen LogP contribution in [0.25, 0.3) is 0 Å². The fraction of sp³-hybridized carbons (Fsp3) is 0.250. The quantitative estimate of drug-likeness (QED) is 0.860. The highest BCUT2D eigenvalue weighted by Gasteiger charge is 2.05. The molecule has 1 atom stereocenters. The van der Waals surface area contributed by atoms with Gasteiger partial charge in [-0.25, -0.2) is 9.37 Å². The number of halogens is 1. The van der Waals surface area contributed by atoms with Gasteiger partial charge in [0.1, 0.15) is 11.6 Å². The van der Waals surface area contributed by atoms with E-state index < -0.39 is 0 Å². The third-order valence-electron chi connectivity index (χ3n) is 2.44. The van der Waals surface area contributed by atoms with Crippen LogP contribution < -0.4 is 5.32 Å². The van der Waals surface area contributed by atoms with E-state index in [0.717, 1.165) is 11.3 Å². The average molecular weight is 220 g/mol. The molecule has 0 aliphatic carbocycles. The zero-order valence-electron chi connectivity index (χ0n) is 8.98. The van der Waals surface area contributed by atoms with Gasteiger partial charge in [-0.3, -0.25) is 0 Å². The van der Waals surface area contributed by atoms with Crippen molar-refractivity contribution in [1.29, 1.82) is 0 Å². The molecular weight excluding hydrogens is 207 g/mol. The van der Waals surface area contributed by atoms with E-state index in [0.29, 0.717) is 6.54 Å². The zero-order valence-corrected chi connectivity index (χ0v) is 8.98. The minimum absolute atomic E-state index is 0.144. The molecule has 2 aromatic rings. The van der Waals surface area contributed by atoms with Crippen molar-refractivity contribution >= 4 is 0 Å². The molecule has 0 aliphatic heterocycles. The second-order valence-corrected chi connectivity index (χ2v) is 3.62. The maximum absolute atomic E-state index is 12.7. The van der Waals surface area contributed by atoms with E-state index in [9.17, 15) is 4.39 Å². The topological polar surface area (TPSA) is 38.1 Å². The van der Waals surface area contributed by atoms with Crippen molar-refractivity contribution in [3.63, 3.8) is 0 Å². The second kappa shape index (κ2) is 4.90. The molecule has 0 spiro atoms. The number of oxazole rings is 1. The molecule has 1 heterocycles. The van der Waals surface area contributed by atoms with Crippen molar-refractivity contribution in [2.75, 3.05) is 0 Å². The minimum atomic E-state index is -0.216. The third kappa shape index (κ3) is 2.67. The molecule has 3 nitrogen and oxygen atoms in total. The van der Waals surface area contributed by atoms with Crippen LogP contribution in [0.2, 0.25) is 0 Å². The van der Waals surface area contributed by atoms with Crippen LogP contribution in [0.4, 0.5) is 4.39 Å². The fourth-order valence-electron chi connectivity index (χ4n) is 1.45. The number of benzene rings is 1. The number of aromatic nitrogens is 1. The minimum Gasteiger partial charge on any atom is -0.447 e. The Bertz CT molecular complexity index is 425. The Morgan fingerprint density at radius 2 is 2.12 bits per heavy atom. The van der Waals surface area contributed by atoms with Gasteiger partial charge in [0, 0.05) is 6.04 Å². The summed E-state index contributed by atoms with van der Waals surface area (Å²) in [6, 6.07) is 6.61. The summed E-state index contributed by atoms with van der Waals surface area (Å²) < 4.78 is 17.8. The van der Waals surface area contributed by atoms with E-state index in [4.69, 9.17) is 4.42 Å². The summed E-state index contributed by atoms with van der Waals surface area (Å²) in [6.07, 6.45) is 3.07. The lowest BCUT2D eigenvalue weighted by Crippen LogP contribution is -2.17. The van der Waals surface area contributed by atoms with Gasteiger partial charge < -0.3 is 9.73 Å². The lowest BCUT2D eigenvalue weighted by Gasteiger charge is -2.12. The Morgan fingerprint density at radius 3 is 2.75 bits per heavy atom. The summed E-state index contributed by atoms with van der Waals surface area (Å²) in [5.74, 6) is 0.570. The highest BCUT2D eigenvalue weighted by molar-refractivity contribution is 5.19. The molecule has 84 valence electrons. The Balaban J connectivity index is 1.93. The number of rotatable bonds is 4. The summed E-state index contributed by atoms with van der Waals surface area (Å²) in [4.78, 5) is 3.83. The number of nitrogens with one attached hydrogen (secondary N) is 1. The molecule has 1 aromatic carbocycles. The van der Waals surface area contributed by atoms with Gasteiger partial charge in [0.05, 0.1) is 12.7 Å². The Morgan fingerprint density at radius 1 is 1.38 bits per heavy atom. The van der Waals surface area contributed by atoms with Crippen molar-refractivity contribution in [2.45, 2.75) is 19.5 Å². The first-order chi connectivity index (χ1) is 7.75. The highest BCUT2D eigenvalue weighted by Crippen LogP contribution is 2.13. The van der Waals surface area contributed by atoms with Crippen LogP contribution in [0, 0.1) is 5.82 Å². The summed E-state index contributed by atoms with van der Waals surface area (Å²) in [7, 11) is 0. The molecule has 0 aliphatic rings. The predicted molar refractivity (Wildman–Crippen MR) is 58.2 cm³/mol. The Labute approximate surface area is 93.3 Å². The molecular formula is C12H13FN2O. The molecule has 0 fully saturated rings. The van der Waals surface area contributed by atoms with Crippen LogP contribution in [-0.2, 0) is 6.54 Å². The SMILES string of the molecule is C[C@H](NCc1cnco1)c1ccc(F)cc1. The molecule has 4 heteroatoms. The van der Waals surface area contributed by atoms with Crippen LogP contribution in [0.3, 0.4) is 0 Å². The summed E-state index contributed by atoms with van der Waals surface area (Å²) in [6.45, 7) is 2.63. The molecule has 2 rings (SSSR count). The predicted octanol–water partition coefficient (Wildman–Crippen LogP) is 2.66. The largest absolute Gasteiger partial charge is 0.447 e. The molecule has 16 heavy (non-hydrogen) atoms. The molecule has 0 radical (unpaired) electrons. The van der Waals surface area contributed by atoms with E-state index in [1.54, 1.807) is 18.3 Å². The van der Waals surface area contributed by atoms with E-state index in [1.807, 2.05) is 6.92 Å². The van der Waals surface area contributed by atoms with Crippen LogP contribution in [0.5, 0.6) is 0 Å². The van der Waals surface area contributed by atoms with E-state index in [-0.39, 0.29) is 11.9 Å². The first-order valence-corrected chi connectivity index (χ1v) is 5.12. The van der Waals surface area contributed by atoms with Crippen molar-refractivity contribution in [1.82, 2.24) is 10.3 Å². The van der Waals surface area contributed by atoms with Crippen LogP contribution >= 0.6 is 0 Å². The Kier molecular flexibility index (Phi) is 3.31. The third-order valence-corrected chi connectivity index (χ3v) is 2.44. The lowest BCUT2D eigenvalue weighted by atomic mass is 10.1. The second-order valence-electron chi connectivity index (χ2n) is 3.62. The van der Waals surface area contributed by atoms with Gasteiger partial charge in [-0.1, -0.05) is 12.1 Å².